The molecule has 0 aromatic heterocycles. The number of hydrogen-bond acceptors (Lipinski definition) is 3. The molecule has 1 heterocycles. The van der Waals surface area contributed by atoms with Crippen molar-refractivity contribution in [1.82, 2.24) is 0 Å². The number of cyclic esters (lactones) is 1. The summed E-state index contributed by atoms with van der Waals surface area (Å²) in [5.41, 5.74) is 1.35. The second kappa shape index (κ2) is 5.92. The maximum Gasteiger partial charge on any atom is 0.363 e. The molecule has 0 unspecified atom stereocenters. The molecule has 3 nitrogen and oxygen atoms in total. The minimum atomic E-state index is -0.328. The Balaban J connectivity index is 1.82. The number of aliphatic imine (C=N–C) groups is 1. The van der Waals surface area contributed by atoms with Gasteiger partial charge in [-0.3, -0.25) is 0 Å². The third-order valence-electron chi connectivity index (χ3n) is 3.74. The topological polar surface area (TPSA) is 38.7 Å². The predicted octanol–water partition coefficient (Wildman–Crippen LogP) is 4.33. The second-order valence-electron chi connectivity index (χ2n) is 5.26. The van der Waals surface area contributed by atoms with E-state index < -0.39 is 0 Å². The van der Waals surface area contributed by atoms with Crippen LogP contribution in [0.25, 0.3) is 6.08 Å². The SMILES string of the molecule is O=C1OC(C2CCCCC2)=N/C1=C\c1cccc(Br)c1. The summed E-state index contributed by atoms with van der Waals surface area (Å²) in [7, 11) is 0. The number of hydrogen-bond donors (Lipinski definition) is 0. The van der Waals surface area contributed by atoms with Crippen LogP contribution in [-0.4, -0.2) is 11.9 Å². The Morgan fingerprint density at radius 3 is 2.80 bits per heavy atom. The van der Waals surface area contributed by atoms with Crippen molar-refractivity contribution in [3.63, 3.8) is 0 Å². The van der Waals surface area contributed by atoms with Gasteiger partial charge in [0.15, 0.2) is 5.70 Å². The maximum atomic E-state index is 11.9. The summed E-state index contributed by atoms with van der Waals surface area (Å²) < 4.78 is 6.33. The molecular weight excluding hydrogens is 318 g/mol. The summed E-state index contributed by atoms with van der Waals surface area (Å²) in [6.45, 7) is 0. The Morgan fingerprint density at radius 2 is 2.05 bits per heavy atom. The molecule has 0 radical (unpaired) electrons. The Hall–Kier alpha value is -1.42. The molecule has 1 aromatic carbocycles. The standard InChI is InChI=1S/C16H16BrNO2/c17-13-8-4-5-11(9-13)10-14-16(19)20-15(18-14)12-6-2-1-3-7-12/h4-5,8-10,12H,1-3,6-7H2/b14-10-. The average Bonchev–Trinajstić information content (AvgIpc) is 2.81. The Labute approximate surface area is 126 Å². The first-order valence-electron chi connectivity index (χ1n) is 7.00. The van der Waals surface area contributed by atoms with Crippen molar-refractivity contribution in [3.05, 3.63) is 40.0 Å². The van der Waals surface area contributed by atoms with Crippen molar-refractivity contribution < 1.29 is 9.53 Å². The molecule has 0 amide bonds. The lowest BCUT2D eigenvalue weighted by Crippen LogP contribution is -2.19. The van der Waals surface area contributed by atoms with Gasteiger partial charge in [-0.2, -0.15) is 0 Å². The first-order valence-corrected chi connectivity index (χ1v) is 7.80. The zero-order valence-electron chi connectivity index (χ0n) is 11.1. The van der Waals surface area contributed by atoms with Gasteiger partial charge in [0.1, 0.15) is 0 Å². The van der Waals surface area contributed by atoms with Crippen LogP contribution in [0.3, 0.4) is 0 Å². The van der Waals surface area contributed by atoms with E-state index in [4.69, 9.17) is 4.74 Å². The Kier molecular flexibility index (Phi) is 4.01. The highest BCUT2D eigenvalue weighted by molar-refractivity contribution is 9.10. The van der Waals surface area contributed by atoms with E-state index >= 15 is 0 Å². The molecule has 0 bridgehead atoms. The molecule has 1 aromatic rings. The van der Waals surface area contributed by atoms with Gasteiger partial charge in [-0.25, -0.2) is 9.79 Å². The first kappa shape index (κ1) is 13.6. The quantitative estimate of drug-likeness (QED) is 0.597. The number of esters is 1. The van der Waals surface area contributed by atoms with Crippen LogP contribution in [0.15, 0.2) is 39.4 Å². The molecule has 2 aliphatic rings. The number of carbonyl (C=O) groups excluding carboxylic acids is 1. The smallest absolute Gasteiger partial charge is 0.363 e. The molecule has 1 fully saturated rings. The summed E-state index contributed by atoms with van der Waals surface area (Å²) in [5, 5.41) is 0. The lowest BCUT2D eigenvalue weighted by molar-refractivity contribution is -0.130. The van der Waals surface area contributed by atoms with E-state index in [2.05, 4.69) is 20.9 Å². The molecule has 0 saturated heterocycles. The van der Waals surface area contributed by atoms with Crippen LogP contribution in [0.5, 0.6) is 0 Å². The summed E-state index contributed by atoms with van der Waals surface area (Å²) in [6.07, 6.45) is 7.62. The van der Waals surface area contributed by atoms with E-state index in [9.17, 15) is 4.79 Å². The molecule has 4 heteroatoms. The van der Waals surface area contributed by atoms with Gasteiger partial charge in [-0.1, -0.05) is 47.3 Å². The van der Waals surface area contributed by atoms with Crippen molar-refractivity contribution in [2.45, 2.75) is 32.1 Å². The monoisotopic (exact) mass is 333 g/mol. The fraction of sp³-hybridized carbons (Fsp3) is 0.375. The van der Waals surface area contributed by atoms with E-state index in [1.54, 1.807) is 6.08 Å². The van der Waals surface area contributed by atoms with Crippen LogP contribution in [0, 0.1) is 5.92 Å². The minimum absolute atomic E-state index is 0.320. The lowest BCUT2D eigenvalue weighted by Gasteiger charge is -2.19. The summed E-state index contributed by atoms with van der Waals surface area (Å²) >= 11 is 3.42. The van der Waals surface area contributed by atoms with E-state index in [1.165, 1.54) is 19.3 Å². The van der Waals surface area contributed by atoms with Gasteiger partial charge >= 0.3 is 5.97 Å². The van der Waals surface area contributed by atoms with Crippen molar-refractivity contribution in [1.29, 1.82) is 0 Å². The van der Waals surface area contributed by atoms with Crippen molar-refractivity contribution in [2.75, 3.05) is 0 Å². The van der Waals surface area contributed by atoms with Crippen molar-refractivity contribution in [3.8, 4) is 0 Å². The fourth-order valence-corrected chi connectivity index (χ4v) is 3.12. The van der Waals surface area contributed by atoms with Crippen LogP contribution in [0.2, 0.25) is 0 Å². The highest BCUT2D eigenvalue weighted by atomic mass is 79.9. The molecule has 104 valence electrons. The van der Waals surface area contributed by atoms with Gasteiger partial charge in [0.05, 0.1) is 0 Å². The number of nitrogens with zero attached hydrogens (tertiary/aromatic N) is 1. The molecule has 1 aliphatic heterocycles. The molecular formula is C16H16BrNO2. The summed E-state index contributed by atoms with van der Waals surface area (Å²) in [4.78, 5) is 16.3. The molecule has 1 saturated carbocycles. The first-order chi connectivity index (χ1) is 9.72. The van der Waals surface area contributed by atoms with Crippen LogP contribution >= 0.6 is 15.9 Å². The normalized spacial score (nSPS) is 21.9. The van der Waals surface area contributed by atoms with E-state index in [-0.39, 0.29) is 5.97 Å². The molecule has 0 N–H and O–H groups in total. The Bertz CT molecular complexity index is 586. The number of carbonyl (C=O) groups is 1. The van der Waals surface area contributed by atoms with E-state index in [0.29, 0.717) is 17.5 Å². The maximum absolute atomic E-state index is 11.9. The third-order valence-corrected chi connectivity index (χ3v) is 4.24. The van der Waals surface area contributed by atoms with Gasteiger partial charge in [-0.15, -0.1) is 0 Å². The summed E-state index contributed by atoms with van der Waals surface area (Å²) in [6, 6.07) is 7.78. The largest absolute Gasteiger partial charge is 0.406 e. The second-order valence-corrected chi connectivity index (χ2v) is 6.17. The molecule has 20 heavy (non-hydrogen) atoms. The Morgan fingerprint density at radius 1 is 1.25 bits per heavy atom. The average molecular weight is 334 g/mol. The van der Waals surface area contributed by atoms with Gasteiger partial charge in [0, 0.05) is 10.4 Å². The molecule has 0 spiro atoms. The molecule has 3 rings (SSSR count). The van der Waals surface area contributed by atoms with E-state index in [0.717, 1.165) is 22.9 Å². The zero-order chi connectivity index (χ0) is 13.9. The minimum Gasteiger partial charge on any atom is -0.406 e. The number of rotatable bonds is 2. The highest BCUT2D eigenvalue weighted by Crippen LogP contribution is 2.29. The lowest BCUT2D eigenvalue weighted by atomic mass is 9.89. The van der Waals surface area contributed by atoms with Crippen molar-refractivity contribution in [2.24, 2.45) is 10.9 Å². The van der Waals surface area contributed by atoms with Gasteiger partial charge in [-0.05, 0) is 36.6 Å². The fourth-order valence-electron chi connectivity index (χ4n) is 2.70. The van der Waals surface area contributed by atoms with Crippen LogP contribution in [-0.2, 0) is 9.53 Å². The van der Waals surface area contributed by atoms with Crippen LogP contribution < -0.4 is 0 Å². The van der Waals surface area contributed by atoms with E-state index in [1.807, 2.05) is 24.3 Å². The predicted molar refractivity (Wildman–Crippen MR) is 82.2 cm³/mol. The highest BCUT2D eigenvalue weighted by Gasteiger charge is 2.29. The van der Waals surface area contributed by atoms with Gasteiger partial charge in [0.2, 0.25) is 5.90 Å². The molecule has 0 atom stereocenters. The number of benzene rings is 1. The number of ether oxygens (including phenoxy) is 1. The molecule has 1 aliphatic carbocycles. The van der Waals surface area contributed by atoms with Crippen LogP contribution in [0.1, 0.15) is 37.7 Å². The van der Waals surface area contributed by atoms with Gasteiger partial charge in [0.25, 0.3) is 0 Å². The van der Waals surface area contributed by atoms with Crippen LogP contribution in [0.4, 0.5) is 0 Å². The number of halogens is 1. The van der Waals surface area contributed by atoms with Crippen molar-refractivity contribution >= 4 is 33.9 Å². The summed E-state index contributed by atoms with van der Waals surface area (Å²) in [5.74, 6) is 0.614. The third kappa shape index (κ3) is 3.01. The van der Waals surface area contributed by atoms with Gasteiger partial charge < -0.3 is 4.74 Å². The zero-order valence-corrected chi connectivity index (χ0v) is 12.7.